The molecule has 25 heavy (non-hydrogen) atoms. The topological polar surface area (TPSA) is 55.4 Å². The molecule has 0 heterocycles. The Morgan fingerprint density at radius 2 is 1.84 bits per heavy atom. The molecule has 6 heteroatoms. The van der Waals surface area contributed by atoms with Crippen LogP contribution in [0.5, 0.6) is 0 Å². The van der Waals surface area contributed by atoms with E-state index >= 15 is 0 Å². The highest BCUT2D eigenvalue weighted by atomic mass is 32.2. The first-order valence-corrected chi connectivity index (χ1v) is 8.84. The summed E-state index contributed by atoms with van der Waals surface area (Å²) in [5.74, 6) is -1.38. The molecule has 0 bridgehead atoms. The van der Waals surface area contributed by atoms with Crippen molar-refractivity contribution in [2.45, 2.75) is 31.4 Å². The van der Waals surface area contributed by atoms with Crippen LogP contribution in [0.1, 0.15) is 18.1 Å². The van der Waals surface area contributed by atoms with Gasteiger partial charge in [0.05, 0.1) is 5.75 Å². The molecule has 0 aliphatic carbocycles. The van der Waals surface area contributed by atoms with Crippen molar-refractivity contribution in [3.05, 3.63) is 65.5 Å². The number of aryl methyl sites for hydroxylation is 1. The Morgan fingerprint density at radius 1 is 1.16 bits per heavy atom. The van der Waals surface area contributed by atoms with Crippen molar-refractivity contribution in [2.24, 2.45) is 0 Å². The maximum atomic E-state index is 13.5. The highest BCUT2D eigenvalue weighted by molar-refractivity contribution is 8.00. The molecule has 0 aliphatic heterocycles. The second-order valence-corrected chi connectivity index (χ2v) is 6.57. The zero-order valence-corrected chi connectivity index (χ0v) is 14.9. The number of esters is 1. The normalized spacial score (nSPS) is 11.6. The van der Waals surface area contributed by atoms with E-state index in [9.17, 15) is 14.0 Å². The van der Waals surface area contributed by atoms with Crippen LogP contribution >= 0.6 is 11.8 Å². The number of carbonyl (C=O) groups is 2. The molecule has 132 valence electrons. The second kappa shape index (κ2) is 9.22. The summed E-state index contributed by atoms with van der Waals surface area (Å²) in [4.78, 5) is 24.2. The van der Waals surface area contributed by atoms with Gasteiger partial charge >= 0.3 is 5.97 Å². The van der Waals surface area contributed by atoms with Crippen LogP contribution < -0.4 is 5.32 Å². The standard InChI is InChI=1S/C19H20FNO3S/c1-13-7-9-15(10-8-13)11-21-19(23)14(2)24-18(22)12-25-17-6-4-3-5-16(17)20/h3-10,14H,11-12H2,1-2H3,(H,21,23)/t14-/m1/s1. The third-order valence-electron chi connectivity index (χ3n) is 3.45. The number of ether oxygens (including phenoxy) is 1. The van der Waals surface area contributed by atoms with E-state index in [1.54, 1.807) is 18.2 Å². The zero-order chi connectivity index (χ0) is 18.2. The molecule has 0 saturated heterocycles. The van der Waals surface area contributed by atoms with Crippen molar-refractivity contribution in [2.75, 3.05) is 5.75 Å². The van der Waals surface area contributed by atoms with Gasteiger partial charge in [-0.05, 0) is 31.5 Å². The van der Waals surface area contributed by atoms with Gasteiger partial charge in [0.25, 0.3) is 5.91 Å². The Hall–Kier alpha value is -2.34. The molecule has 2 aromatic carbocycles. The fourth-order valence-corrected chi connectivity index (χ4v) is 2.74. The minimum absolute atomic E-state index is 0.0590. The highest BCUT2D eigenvalue weighted by Gasteiger charge is 2.18. The van der Waals surface area contributed by atoms with Gasteiger partial charge in [0.2, 0.25) is 0 Å². The van der Waals surface area contributed by atoms with E-state index in [2.05, 4.69) is 5.32 Å². The van der Waals surface area contributed by atoms with Gasteiger partial charge in [-0.2, -0.15) is 0 Å². The van der Waals surface area contributed by atoms with Gasteiger partial charge in [-0.15, -0.1) is 11.8 Å². The van der Waals surface area contributed by atoms with Gasteiger partial charge in [0.1, 0.15) is 5.82 Å². The number of hydrogen-bond donors (Lipinski definition) is 1. The van der Waals surface area contributed by atoms with Crippen molar-refractivity contribution in [3.63, 3.8) is 0 Å². The molecule has 0 spiro atoms. The van der Waals surface area contributed by atoms with E-state index in [1.807, 2.05) is 31.2 Å². The second-order valence-electron chi connectivity index (χ2n) is 5.55. The maximum Gasteiger partial charge on any atom is 0.317 e. The molecule has 0 unspecified atom stereocenters. The minimum Gasteiger partial charge on any atom is -0.452 e. The number of carbonyl (C=O) groups excluding carboxylic acids is 2. The average Bonchev–Trinajstić information content (AvgIpc) is 2.60. The lowest BCUT2D eigenvalue weighted by molar-refractivity contribution is -0.152. The number of rotatable bonds is 7. The van der Waals surface area contributed by atoms with Crippen LogP contribution in [0.25, 0.3) is 0 Å². The van der Waals surface area contributed by atoms with Crippen LogP contribution in [0, 0.1) is 12.7 Å². The molecule has 2 rings (SSSR count). The summed E-state index contributed by atoms with van der Waals surface area (Å²) in [5, 5.41) is 2.72. The molecule has 0 aromatic heterocycles. The van der Waals surface area contributed by atoms with E-state index < -0.39 is 12.1 Å². The third kappa shape index (κ3) is 6.23. The van der Waals surface area contributed by atoms with Gasteiger partial charge in [-0.25, -0.2) is 4.39 Å². The SMILES string of the molecule is Cc1ccc(CNC(=O)[C@@H](C)OC(=O)CSc2ccccc2F)cc1. The summed E-state index contributed by atoms with van der Waals surface area (Å²) < 4.78 is 18.6. The van der Waals surface area contributed by atoms with Crippen LogP contribution in [0.3, 0.4) is 0 Å². The first-order chi connectivity index (χ1) is 12.0. The molecule has 0 saturated carbocycles. The molecule has 0 aliphatic rings. The monoisotopic (exact) mass is 361 g/mol. The van der Waals surface area contributed by atoms with E-state index in [1.165, 1.54) is 13.0 Å². The van der Waals surface area contributed by atoms with E-state index in [0.29, 0.717) is 11.4 Å². The first kappa shape index (κ1) is 19.0. The smallest absolute Gasteiger partial charge is 0.317 e. The third-order valence-corrected chi connectivity index (χ3v) is 4.47. The predicted octanol–water partition coefficient (Wildman–Crippen LogP) is 3.47. The Kier molecular flexibility index (Phi) is 7.01. The molecule has 0 radical (unpaired) electrons. The van der Waals surface area contributed by atoms with Gasteiger partial charge in [-0.3, -0.25) is 9.59 Å². The summed E-state index contributed by atoms with van der Waals surface area (Å²) >= 11 is 1.04. The van der Waals surface area contributed by atoms with E-state index in [0.717, 1.165) is 22.9 Å². The number of halogens is 1. The molecule has 0 fully saturated rings. The quantitative estimate of drug-likeness (QED) is 0.606. The summed E-state index contributed by atoms with van der Waals surface area (Å²) in [6.07, 6.45) is -0.904. The molecule has 1 N–H and O–H groups in total. The Balaban J connectivity index is 1.75. The molecule has 4 nitrogen and oxygen atoms in total. The maximum absolute atomic E-state index is 13.5. The van der Waals surface area contributed by atoms with Gasteiger partial charge in [0, 0.05) is 11.4 Å². The zero-order valence-electron chi connectivity index (χ0n) is 14.1. The lowest BCUT2D eigenvalue weighted by atomic mass is 10.1. The van der Waals surface area contributed by atoms with Crippen LogP contribution in [0.4, 0.5) is 4.39 Å². The Labute approximate surface area is 150 Å². The fraction of sp³-hybridized carbons (Fsp3) is 0.263. The predicted molar refractivity (Wildman–Crippen MR) is 95.7 cm³/mol. The molecule has 1 amide bonds. The van der Waals surface area contributed by atoms with Crippen LogP contribution in [-0.2, 0) is 20.9 Å². The lowest BCUT2D eigenvalue weighted by Gasteiger charge is -2.13. The van der Waals surface area contributed by atoms with Crippen molar-refractivity contribution < 1.29 is 18.7 Å². The van der Waals surface area contributed by atoms with E-state index in [4.69, 9.17) is 4.74 Å². The van der Waals surface area contributed by atoms with Gasteiger partial charge in [0.15, 0.2) is 6.10 Å². The van der Waals surface area contributed by atoms with Crippen molar-refractivity contribution in [1.29, 1.82) is 0 Å². The Morgan fingerprint density at radius 3 is 2.52 bits per heavy atom. The fourth-order valence-electron chi connectivity index (χ4n) is 2.02. The molecular formula is C19H20FNO3S. The lowest BCUT2D eigenvalue weighted by Crippen LogP contribution is -2.35. The largest absolute Gasteiger partial charge is 0.452 e. The molecular weight excluding hydrogens is 341 g/mol. The minimum atomic E-state index is -0.904. The van der Waals surface area contributed by atoms with Crippen LogP contribution in [-0.4, -0.2) is 23.7 Å². The number of nitrogens with one attached hydrogen (secondary N) is 1. The highest BCUT2D eigenvalue weighted by Crippen LogP contribution is 2.21. The molecule has 1 atom stereocenters. The van der Waals surface area contributed by atoms with Gasteiger partial charge in [-0.1, -0.05) is 42.0 Å². The summed E-state index contributed by atoms with van der Waals surface area (Å²) in [6, 6.07) is 14.0. The number of benzene rings is 2. The average molecular weight is 361 g/mol. The van der Waals surface area contributed by atoms with Crippen molar-refractivity contribution in [3.8, 4) is 0 Å². The van der Waals surface area contributed by atoms with E-state index in [-0.39, 0.29) is 17.5 Å². The summed E-state index contributed by atoms with van der Waals surface area (Å²) in [5.41, 5.74) is 2.11. The number of thioether (sulfide) groups is 1. The Bertz CT molecular complexity index is 734. The van der Waals surface area contributed by atoms with Crippen molar-refractivity contribution >= 4 is 23.6 Å². The van der Waals surface area contributed by atoms with Crippen LogP contribution in [0.15, 0.2) is 53.4 Å². The first-order valence-electron chi connectivity index (χ1n) is 7.86. The van der Waals surface area contributed by atoms with Crippen molar-refractivity contribution in [1.82, 2.24) is 5.32 Å². The van der Waals surface area contributed by atoms with Gasteiger partial charge < -0.3 is 10.1 Å². The summed E-state index contributed by atoms with van der Waals surface area (Å²) in [6.45, 7) is 3.87. The number of amides is 1. The van der Waals surface area contributed by atoms with Crippen LogP contribution in [0.2, 0.25) is 0 Å². The number of hydrogen-bond acceptors (Lipinski definition) is 4. The summed E-state index contributed by atoms with van der Waals surface area (Å²) in [7, 11) is 0. The molecule has 2 aromatic rings.